The van der Waals surface area contributed by atoms with Crippen LogP contribution in [0.15, 0.2) is 85.2 Å². The molecule has 5 rings (SSSR count). The van der Waals surface area contributed by atoms with Crippen LogP contribution in [0.4, 0.5) is 8.78 Å². The van der Waals surface area contributed by atoms with E-state index in [-0.39, 0.29) is 11.1 Å². The van der Waals surface area contributed by atoms with Gasteiger partial charge in [-0.25, -0.2) is 0 Å². The summed E-state index contributed by atoms with van der Waals surface area (Å²) in [7, 11) is 0. The Morgan fingerprint density at radius 2 is 1.57 bits per heavy atom. The number of hydrogen-bond acceptors (Lipinski definition) is 2. The third-order valence-corrected chi connectivity index (χ3v) is 6.36. The van der Waals surface area contributed by atoms with Gasteiger partial charge < -0.3 is 5.11 Å². The highest BCUT2D eigenvalue weighted by Gasteiger charge is 2.58. The lowest BCUT2D eigenvalue weighted by molar-refractivity contribution is -0.0821. The second-order valence-electron chi connectivity index (χ2n) is 7.39. The van der Waals surface area contributed by atoms with Crippen LogP contribution < -0.4 is 0 Å². The SMILES string of the molecule is OC1(C(F)(F)I)c2ccccc2-c2c(-c3cnn(Cc4ccccc4)c3)cccc21. The highest BCUT2D eigenvalue weighted by atomic mass is 127. The standard InChI is InChI=1S/C24H17F2IN2O/c25-24(26,27)23(30)20-11-5-4-9-19(20)22-18(10-6-12-21(22)23)17-13-28-29(15-17)14-16-7-2-1-3-8-16/h1-13,15,30H,14H2. The third kappa shape index (κ3) is 2.89. The van der Waals surface area contributed by atoms with Crippen molar-refractivity contribution in [3.63, 3.8) is 0 Å². The van der Waals surface area contributed by atoms with Gasteiger partial charge in [-0.3, -0.25) is 4.68 Å². The Bertz CT molecular complexity index is 1230. The van der Waals surface area contributed by atoms with Crippen molar-refractivity contribution < 1.29 is 13.9 Å². The summed E-state index contributed by atoms with van der Waals surface area (Å²) < 4.78 is 27.8. The molecule has 0 saturated heterocycles. The molecule has 0 saturated carbocycles. The maximum absolute atomic E-state index is 14.7. The van der Waals surface area contributed by atoms with Gasteiger partial charge in [0.05, 0.1) is 12.7 Å². The molecule has 0 radical (unpaired) electrons. The number of rotatable bonds is 4. The number of nitrogens with zero attached hydrogens (tertiary/aromatic N) is 2. The first-order chi connectivity index (χ1) is 14.4. The van der Waals surface area contributed by atoms with Crippen LogP contribution in [0, 0.1) is 0 Å². The van der Waals surface area contributed by atoms with Crippen LogP contribution in [-0.4, -0.2) is 18.8 Å². The quantitative estimate of drug-likeness (QED) is 0.275. The van der Waals surface area contributed by atoms with Gasteiger partial charge in [-0.15, -0.1) is 0 Å². The number of benzene rings is 3. The first-order valence-corrected chi connectivity index (χ1v) is 10.6. The van der Waals surface area contributed by atoms with E-state index < -0.39 is 9.53 Å². The van der Waals surface area contributed by atoms with Crippen molar-refractivity contribution in [1.29, 1.82) is 0 Å². The van der Waals surface area contributed by atoms with Gasteiger partial charge in [0.15, 0.2) is 5.60 Å². The molecular formula is C24H17F2IN2O. The van der Waals surface area contributed by atoms with Crippen LogP contribution in [0.1, 0.15) is 16.7 Å². The van der Waals surface area contributed by atoms with E-state index in [4.69, 9.17) is 0 Å². The molecule has 1 aliphatic carbocycles. The number of halogens is 3. The molecule has 1 unspecified atom stereocenters. The molecule has 3 nitrogen and oxygen atoms in total. The van der Waals surface area contributed by atoms with Crippen LogP contribution >= 0.6 is 22.6 Å². The lowest BCUT2D eigenvalue weighted by atomic mass is 9.90. The number of fused-ring (bicyclic) bond motifs is 3. The molecule has 1 aromatic heterocycles. The first kappa shape index (κ1) is 19.4. The predicted molar refractivity (Wildman–Crippen MR) is 121 cm³/mol. The van der Waals surface area contributed by atoms with Gasteiger partial charge in [-0.1, -0.05) is 72.8 Å². The predicted octanol–water partition coefficient (Wildman–Crippen LogP) is 5.84. The first-order valence-electron chi connectivity index (χ1n) is 9.49. The van der Waals surface area contributed by atoms with E-state index in [1.807, 2.05) is 47.3 Å². The normalized spacial score (nSPS) is 17.6. The highest BCUT2D eigenvalue weighted by Crippen LogP contribution is 2.58. The molecule has 1 aliphatic rings. The maximum Gasteiger partial charge on any atom is 0.332 e. The Hall–Kier alpha value is -2.58. The summed E-state index contributed by atoms with van der Waals surface area (Å²) in [6.07, 6.45) is 3.64. The van der Waals surface area contributed by atoms with E-state index in [1.165, 1.54) is 0 Å². The number of aliphatic hydroxyl groups is 1. The van der Waals surface area contributed by atoms with E-state index >= 15 is 0 Å². The van der Waals surface area contributed by atoms with E-state index in [9.17, 15) is 13.9 Å². The Morgan fingerprint density at radius 3 is 2.33 bits per heavy atom. The third-order valence-electron chi connectivity index (χ3n) is 5.58. The van der Waals surface area contributed by atoms with Crippen molar-refractivity contribution in [1.82, 2.24) is 9.78 Å². The van der Waals surface area contributed by atoms with E-state index in [2.05, 4.69) is 5.10 Å². The number of alkyl halides is 3. The molecule has 0 fully saturated rings. The van der Waals surface area contributed by atoms with Gasteiger partial charge in [0.2, 0.25) is 0 Å². The average molecular weight is 514 g/mol. The summed E-state index contributed by atoms with van der Waals surface area (Å²) in [5.74, 6) is 0. The summed E-state index contributed by atoms with van der Waals surface area (Å²) in [6.45, 7) is 0.613. The van der Waals surface area contributed by atoms with Gasteiger partial charge in [0, 0.05) is 45.5 Å². The van der Waals surface area contributed by atoms with Crippen molar-refractivity contribution in [2.24, 2.45) is 0 Å². The Balaban J connectivity index is 1.65. The molecule has 1 atom stereocenters. The molecule has 0 aliphatic heterocycles. The highest BCUT2D eigenvalue weighted by molar-refractivity contribution is 14.1. The fourth-order valence-electron chi connectivity index (χ4n) is 4.21. The van der Waals surface area contributed by atoms with E-state index in [1.54, 1.807) is 42.6 Å². The van der Waals surface area contributed by atoms with Crippen LogP contribution in [0.25, 0.3) is 22.3 Å². The minimum Gasteiger partial charge on any atom is -0.374 e. The van der Waals surface area contributed by atoms with Crippen molar-refractivity contribution in [3.8, 4) is 22.3 Å². The molecule has 4 aromatic rings. The molecule has 1 heterocycles. The Kier molecular flexibility index (Phi) is 4.52. The van der Waals surface area contributed by atoms with Crippen LogP contribution in [0.5, 0.6) is 0 Å². The molecule has 6 heteroatoms. The minimum atomic E-state index is -3.37. The van der Waals surface area contributed by atoms with Crippen molar-refractivity contribution in [2.45, 2.75) is 16.1 Å². The van der Waals surface area contributed by atoms with E-state index in [0.29, 0.717) is 17.7 Å². The fraction of sp³-hybridized carbons (Fsp3) is 0.125. The Labute approximate surface area is 186 Å². The molecule has 150 valence electrons. The van der Waals surface area contributed by atoms with Crippen molar-refractivity contribution in [2.75, 3.05) is 0 Å². The van der Waals surface area contributed by atoms with Crippen LogP contribution in [-0.2, 0) is 12.1 Å². The zero-order chi connectivity index (χ0) is 20.9. The maximum atomic E-state index is 14.7. The minimum absolute atomic E-state index is 0.219. The lowest BCUT2D eigenvalue weighted by Crippen LogP contribution is -2.40. The lowest BCUT2D eigenvalue weighted by Gasteiger charge is -2.30. The van der Waals surface area contributed by atoms with Gasteiger partial charge in [-0.05, 0) is 22.3 Å². The molecule has 30 heavy (non-hydrogen) atoms. The molecule has 0 bridgehead atoms. The molecule has 1 N–H and O–H groups in total. The fourth-order valence-corrected chi connectivity index (χ4v) is 4.79. The molecular weight excluding hydrogens is 497 g/mol. The number of aromatic nitrogens is 2. The molecule has 3 aromatic carbocycles. The average Bonchev–Trinajstić information content (AvgIpc) is 3.31. The molecule has 0 amide bonds. The van der Waals surface area contributed by atoms with Crippen LogP contribution in [0.3, 0.4) is 0 Å². The smallest absolute Gasteiger partial charge is 0.332 e. The monoisotopic (exact) mass is 514 g/mol. The largest absolute Gasteiger partial charge is 0.374 e. The van der Waals surface area contributed by atoms with Crippen LogP contribution in [0.2, 0.25) is 0 Å². The second-order valence-corrected chi connectivity index (χ2v) is 8.75. The van der Waals surface area contributed by atoms with Crippen molar-refractivity contribution in [3.05, 3.63) is 102 Å². The second kappa shape index (κ2) is 6.99. The summed E-state index contributed by atoms with van der Waals surface area (Å²) in [5, 5.41) is 15.7. The van der Waals surface area contributed by atoms with Gasteiger partial charge in [-0.2, -0.15) is 13.9 Å². The van der Waals surface area contributed by atoms with Gasteiger partial charge in [0.25, 0.3) is 0 Å². The summed E-state index contributed by atoms with van der Waals surface area (Å²) in [4.78, 5) is 0. The van der Waals surface area contributed by atoms with E-state index in [0.717, 1.165) is 39.3 Å². The summed E-state index contributed by atoms with van der Waals surface area (Å²) in [5.41, 5.74) is 2.03. The Morgan fingerprint density at radius 1 is 0.900 bits per heavy atom. The topological polar surface area (TPSA) is 38.1 Å². The van der Waals surface area contributed by atoms with Gasteiger partial charge in [0.1, 0.15) is 0 Å². The summed E-state index contributed by atoms with van der Waals surface area (Å²) >= 11 is 1.03. The van der Waals surface area contributed by atoms with Crippen molar-refractivity contribution >= 4 is 22.6 Å². The van der Waals surface area contributed by atoms with Gasteiger partial charge >= 0.3 is 3.93 Å². The molecule has 0 spiro atoms. The summed E-state index contributed by atoms with van der Waals surface area (Å²) in [6, 6.07) is 22.0. The zero-order valence-corrected chi connectivity index (χ0v) is 17.9. The number of hydrogen-bond donors (Lipinski definition) is 1. The zero-order valence-electron chi connectivity index (χ0n) is 15.8.